The number of carbonyl (C=O) groups excluding carboxylic acids is 1. The lowest BCUT2D eigenvalue weighted by Gasteiger charge is -2.18. The molecule has 25 heavy (non-hydrogen) atoms. The van der Waals surface area contributed by atoms with Gasteiger partial charge in [0, 0.05) is 0 Å². The molecule has 0 rings (SSSR count). The monoisotopic (exact) mass is 374 g/mol. The Bertz CT molecular complexity index is 360. The van der Waals surface area contributed by atoms with Gasteiger partial charge in [-0.15, -0.1) is 0 Å². The number of aliphatic hydroxyl groups is 1. The van der Waals surface area contributed by atoms with E-state index in [1.807, 2.05) is 0 Å². The van der Waals surface area contributed by atoms with Crippen molar-refractivity contribution in [3.05, 3.63) is 0 Å². The number of ether oxygens (including phenoxy) is 2. The second-order valence-electron chi connectivity index (χ2n) is 6.87. The van der Waals surface area contributed by atoms with Crippen molar-refractivity contribution in [1.82, 2.24) is 0 Å². The first-order chi connectivity index (χ1) is 12.0. The van der Waals surface area contributed by atoms with Crippen molar-refractivity contribution < 1.29 is 19.4 Å². The molecule has 0 aliphatic rings. The summed E-state index contributed by atoms with van der Waals surface area (Å²) in [6, 6.07) is 0. The highest BCUT2D eigenvalue weighted by Crippen LogP contribution is 2.15. The van der Waals surface area contributed by atoms with Gasteiger partial charge in [-0.25, -0.2) is 4.79 Å². The lowest BCUT2D eigenvalue weighted by molar-refractivity contribution is -0.154. The Balaban J connectivity index is 4.09. The van der Waals surface area contributed by atoms with Crippen LogP contribution in [0.25, 0.3) is 0 Å². The minimum Gasteiger partial charge on any atom is -0.487 e. The van der Waals surface area contributed by atoms with Gasteiger partial charge in [0.15, 0.2) is 11.2 Å². The van der Waals surface area contributed by atoms with Crippen molar-refractivity contribution in [2.75, 3.05) is 13.2 Å². The van der Waals surface area contributed by atoms with Crippen LogP contribution >= 0.6 is 12.2 Å². The molecule has 0 aromatic rings. The molecule has 0 amide bonds. The van der Waals surface area contributed by atoms with Gasteiger partial charge in [-0.3, -0.25) is 0 Å². The van der Waals surface area contributed by atoms with Gasteiger partial charge in [-0.2, -0.15) is 0 Å². The van der Waals surface area contributed by atoms with E-state index in [9.17, 15) is 9.90 Å². The average molecular weight is 375 g/mol. The summed E-state index contributed by atoms with van der Waals surface area (Å²) in [4.78, 5) is 11.9. The van der Waals surface area contributed by atoms with Gasteiger partial charge >= 0.3 is 5.97 Å². The van der Waals surface area contributed by atoms with Crippen molar-refractivity contribution in [2.24, 2.45) is 11.8 Å². The number of hydrogen-bond donors (Lipinski definition) is 1. The second-order valence-corrected chi connectivity index (χ2v) is 7.32. The van der Waals surface area contributed by atoms with Gasteiger partial charge in [-0.05, 0) is 36.9 Å². The molecule has 3 unspecified atom stereocenters. The Morgan fingerprint density at radius 3 is 1.84 bits per heavy atom. The number of carbonyl (C=O) groups is 1. The summed E-state index contributed by atoms with van der Waals surface area (Å²) in [5.74, 6) is 0.243. The number of rotatable bonds is 15. The minimum absolute atomic E-state index is 0.0319. The molecule has 0 saturated carbocycles. The third kappa shape index (κ3) is 12.3. The molecule has 0 aromatic carbocycles. The van der Waals surface area contributed by atoms with Gasteiger partial charge in [0.05, 0.1) is 19.6 Å². The Morgan fingerprint density at radius 2 is 1.40 bits per heavy atom. The summed E-state index contributed by atoms with van der Waals surface area (Å²) >= 11 is 5.15. The summed E-state index contributed by atoms with van der Waals surface area (Å²) in [6.07, 6.45) is 7.61. The summed E-state index contributed by atoms with van der Waals surface area (Å²) < 4.78 is 10.8. The third-order valence-electron chi connectivity index (χ3n) is 4.66. The Kier molecular flexibility index (Phi) is 15.1. The highest BCUT2D eigenvalue weighted by atomic mass is 32.1. The average Bonchev–Trinajstić information content (AvgIpc) is 2.61. The van der Waals surface area contributed by atoms with Crippen LogP contribution in [0.3, 0.4) is 0 Å². The van der Waals surface area contributed by atoms with Crippen LogP contribution in [-0.4, -0.2) is 35.4 Å². The van der Waals surface area contributed by atoms with Crippen molar-refractivity contribution in [3.8, 4) is 0 Å². The fraction of sp³-hybridized carbons (Fsp3) is 0.900. The molecule has 0 heterocycles. The van der Waals surface area contributed by atoms with E-state index in [0.29, 0.717) is 25.0 Å². The normalized spacial score (nSPS) is 14.6. The number of hydrogen-bond acceptors (Lipinski definition) is 5. The largest absolute Gasteiger partial charge is 0.487 e. The summed E-state index contributed by atoms with van der Waals surface area (Å²) in [7, 11) is 0. The van der Waals surface area contributed by atoms with Crippen molar-refractivity contribution in [3.63, 3.8) is 0 Å². The number of thiocarbonyl (C=S) groups is 1. The fourth-order valence-corrected chi connectivity index (χ4v) is 2.83. The lowest BCUT2D eigenvalue weighted by atomic mass is 10.0. The molecular formula is C20H38O4S. The lowest BCUT2D eigenvalue weighted by Crippen LogP contribution is -2.28. The Labute approximate surface area is 159 Å². The summed E-state index contributed by atoms with van der Waals surface area (Å²) in [5.41, 5.74) is 0. The third-order valence-corrected chi connectivity index (χ3v) is 4.94. The Hall–Kier alpha value is -0.680. The van der Waals surface area contributed by atoms with Crippen molar-refractivity contribution in [2.45, 2.75) is 91.6 Å². The quantitative estimate of drug-likeness (QED) is 0.321. The van der Waals surface area contributed by atoms with E-state index >= 15 is 0 Å². The zero-order valence-electron chi connectivity index (χ0n) is 16.6. The van der Waals surface area contributed by atoms with Crippen LogP contribution < -0.4 is 0 Å². The maximum atomic E-state index is 11.9. The minimum atomic E-state index is -1.23. The fourth-order valence-electron chi connectivity index (χ4n) is 2.60. The molecule has 0 bridgehead atoms. The first-order valence-corrected chi connectivity index (χ1v) is 10.4. The predicted molar refractivity (Wildman–Crippen MR) is 107 cm³/mol. The van der Waals surface area contributed by atoms with E-state index in [4.69, 9.17) is 21.7 Å². The molecule has 0 aromatic heterocycles. The number of aliphatic hydroxyl groups excluding tert-OH is 1. The van der Waals surface area contributed by atoms with Gasteiger partial charge in [-0.1, -0.05) is 66.2 Å². The van der Waals surface area contributed by atoms with Crippen LogP contribution in [0.2, 0.25) is 0 Å². The van der Waals surface area contributed by atoms with Crippen LogP contribution in [0, 0.1) is 11.8 Å². The first kappa shape index (κ1) is 24.3. The highest BCUT2D eigenvalue weighted by molar-refractivity contribution is 7.80. The molecule has 0 aliphatic carbocycles. The molecule has 1 N–H and O–H groups in total. The van der Waals surface area contributed by atoms with Crippen LogP contribution in [0.1, 0.15) is 85.5 Å². The number of unbranched alkanes of at least 4 members (excludes halogenated alkanes) is 2. The van der Waals surface area contributed by atoms with Crippen LogP contribution in [0.4, 0.5) is 0 Å². The molecule has 4 nitrogen and oxygen atoms in total. The Morgan fingerprint density at radius 1 is 0.920 bits per heavy atom. The highest BCUT2D eigenvalue weighted by Gasteiger charge is 2.21. The van der Waals surface area contributed by atoms with E-state index < -0.39 is 12.1 Å². The molecule has 0 saturated heterocycles. The molecule has 3 atom stereocenters. The molecule has 0 spiro atoms. The molecule has 5 heteroatoms. The van der Waals surface area contributed by atoms with Gasteiger partial charge in [0.2, 0.25) is 0 Å². The van der Waals surface area contributed by atoms with Crippen molar-refractivity contribution in [1.29, 1.82) is 0 Å². The molecule has 148 valence electrons. The van der Waals surface area contributed by atoms with Gasteiger partial charge in [0.25, 0.3) is 0 Å². The summed E-state index contributed by atoms with van der Waals surface area (Å²) in [6.45, 7) is 9.49. The van der Waals surface area contributed by atoms with Crippen molar-refractivity contribution >= 4 is 23.2 Å². The van der Waals surface area contributed by atoms with Gasteiger partial charge < -0.3 is 14.6 Å². The number of esters is 1. The van der Waals surface area contributed by atoms with Crippen LogP contribution in [-0.2, 0) is 14.3 Å². The second kappa shape index (κ2) is 15.6. The smallest absolute Gasteiger partial charge is 0.335 e. The molecule has 0 fully saturated rings. The zero-order chi connectivity index (χ0) is 19.1. The summed E-state index contributed by atoms with van der Waals surface area (Å²) in [5, 5.41) is 10.3. The molecule has 0 aliphatic heterocycles. The van der Waals surface area contributed by atoms with Gasteiger partial charge in [0.1, 0.15) is 0 Å². The van der Waals surface area contributed by atoms with E-state index in [1.54, 1.807) is 0 Å². The van der Waals surface area contributed by atoms with E-state index in [0.717, 1.165) is 38.5 Å². The van der Waals surface area contributed by atoms with Crippen LogP contribution in [0.15, 0.2) is 0 Å². The maximum Gasteiger partial charge on any atom is 0.335 e. The molecular weight excluding hydrogens is 336 g/mol. The molecule has 0 radical (unpaired) electrons. The van der Waals surface area contributed by atoms with E-state index in [1.165, 1.54) is 12.8 Å². The van der Waals surface area contributed by atoms with E-state index in [-0.39, 0.29) is 11.5 Å². The first-order valence-electron chi connectivity index (χ1n) is 9.98. The standard InChI is InChI=1S/C20H38O4S/c1-5-9-11-16(7-3)14-23-19(25)13-18(21)20(22)24-15-17(8-4)12-10-6-2/h16-18,21H,5-15H2,1-4H3. The van der Waals surface area contributed by atoms with Crippen LogP contribution in [0.5, 0.6) is 0 Å². The van der Waals surface area contributed by atoms with E-state index in [2.05, 4.69) is 27.7 Å². The zero-order valence-corrected chi connectivity index (χ0v) is 17.4. The predicted octanol–water partition coefficient (Wildman–Crippen LogP) is 5.06. The SMILES string of the molecule is CCCCC(CC)COC(=O)C(O)CC(=S)OCC(CC)CCCC. The topological polar surface area (TPSA) is 55.8 Å². The maximum absolute atomic E-state index is 11.9.